The van der Waals surface area contributed by atoms with Gasteiger partial charge in [0.1, 0.15) is 5.15 Å². The second-order valence-electron chi connectivity index (χ2n) is 6.53. The van der Waals surface area contributed by atoms with Gasteiger partial charge >= 0.3 is 11.9 Å². The fourth-order valence-electron chi connectivity index (χ4n) is 3.13. The van der Waals surface area contributed by atoms with Gasteiger partial charge in [0, 0.05) is 28.8 Å². The van der Waals surface area contributed by atoms with Gasteiger partial charge in [0.2, 0.25) is 5.78 Å². The van der Waals surface area contributed by atoms with Crippen LogP contribution >= 0.6 is 11.6 Å². The lowest BCUT2D eigenvalue weighted by Crippen LogP contribution is -2.15. The molecule has 3 rings (SSSR count). The minimum Gasteiger partial charge on any atom is -0.465 e. The van der Waals surface area contributed by atoms with Crippen molar-refractivity contribution in [1.82, 2.24) is 9.55 Å². The number of hydrogen-bond donors (Lipinski definition) is 0. The van der Waals surface area contributed by atoms with Crippen LogP contribution < -0.4 is 0 Å². The lowest BCUT2D eigenvalue weighted by atomic mass is 10.1. The number of aryl methyl sites for hydroxylation is 1. The van der Waals surface area contributed by atoms with E-state index in [1.54, 1.807) is 37.3 Å². The summed E-state index contributed by atoms with van der Waals surface area (Å²) in [6, 6.07) is 11.4. The van der Waals surface area contributed by atoms with Gasteiger partial charge in [-0.05, 0) is 56.3 Å². The van der Waals surface area contributed by atoms with Crippen LogP contribution in [0.15, 0.2) is 48.7 Å². The second-order valence-corrected chi connectivity index (χ2v) is 6.91. The van der Waals surface area contributed by atoms with Crippen molar-refractivity contribution in [1.29, 1.82) is 0 Å². The van der Waals surface area contributed by atoms with E-state index >= 15 is 0 Å². The molecule has 0 saturated heterocycles. The SMILES string of the molecule is COC(=O)c1ccc(-n2c(C)cc(C(=O)COC(=O)c3ccnc(Cl)c3)c2C)cc1. The van der Waals surface area contributed by atoms with Crippen molar-refractivity contribution in [2.24, 2.45) is 0 Å². The molecule has 0 aliphatic heterocycles. The van der Waals surface area contributed by atoms with E-state index in [2.05, 4.69) is 4.98 Å². The number of benzene rings is 1. The maximum atomic E-state index is 12.7. The number of aromatic nitrogens is 2. The molecule has 0 unspecified atom stereocenters. The van der Waals surface area contributed by atoms with Gasteiger partial charge in [-0.25, -0.2) is 14.6 Å². The van der Waals surface area contributed by atoms with Gasteiger partial charge in [-0.1, -0.05) is 11.6 Å². The quantitative estimate of drug-likeness (QED) is 0.336. The van der Waals surface area contributed by atoms with Gasteiger partial charge in [-0.2, -0.15) is 0 Å². The Kier molecular flexibility index (Phi) is 6.32. The molecule has 0 fully saturated rings. The van der Waals surface area contributed by atoms with Gasteiger partial charge in [0.15, 0.2) is 6.61 Å². The number of ketones is 1. The Balaban J connectivity index is 1.77. The summed E-state index contributed by atoms with van der Waals surface area (Å²) in [5, 5.41) is 0.164. The number of pyridine rings is 1. The van der Waals surface area contributed by atoms with E-state index in [1.165, 1.54) is 25.4 Å². The highest BCUT2D eigenvalue weighted by molar-refractivity contribution is 6.29. The maximum Gasteiger partial charge on any atom is 0.338 e. The van der Waals surface area contributed by atoms with E-state index in [0.717, 1.165) is 11.4 Å². The number of hydrogen-bond acceptors (Lipinski definition) is 6. The molecule has 154 valence electrons. The molecule has 0 radical (unpaired) electrons. The number of halogens is 1. The largest absolute Gasteiger partial charge is 0.465 e. The lowest BCUT2D eigenvalue weighted by molar-refractivity contribution is 0.0474. The molecular weight excluding hydrogens is 408 g/mol. The van der Waals surface area contributed by atoms with E-state index in [4.69, 9.17) is 21.1 Å². The van der Waals surface area contributed by atoms with Crippen molar-refractivity contribution < 1.29 is 23.9 Å². The van der Waals surface area contributed by atoms with Crippen molar-refractivity contribution in [3.63, 3.8) is 0 Å². The fraction of sp³-hybridized carbons (Fsp3) is 0.182. The molecule has 0 atom stereocenters. The Morgan fingerprint density at radius 1 is 1.00 bits per heavy atom. The molecule has 0 amide bonds. The number of carbonyl (C=O) groups is 3. The van der Waals surface area contributed by atoms with Crippen molar-refractivity contribution in [3.05, 3.63) is 81.9 Å². The summed E-state index contributed by atoms with van der Waals surface area (Å²) >= 11 is 5.77. The van der Waals surface area contributed by atoms with Gasteiger partial charge in [-0.3, -0.25) is 4.79 Å². The van der Waals surface area contributed by atoms with Crippen molar-refractivity contribution in [3.8, 4) is 5.69 Å². The molecule has 0 aliphatic rings. The minimum absolute atomic E-state index is 0.164. The molecular formula is C22H19ClN2O5. The molecule has 7 nitrogen and oxygen atoms in total. The van der Waals surface area contributed by atoms with Crippen LogP contribution in [0.2, 0.25) is 5.15 Å². The summed E-state index contributed by atoms with van der Waals surface area (Å²) in [5.74, 6) is -1.40. The molecule has 0 aliphatic carbocycles. The zero-order valence-electron chi connectivity index (χ0n) is 16.6. The van der Waals surface area contributed by atoms with Crippen LogP contribution in [-0.2, 0) is 9.47 Å². The van der Waals surface area contributed by atoms with Crippen molar-refractivity contribution in [2.75, 3.05) is 13.7 Å². The van der Waals surface area contributed by atoms with E-state index in [0.29, 0.717) is 16.8 Å². The summed E-state index contributed by atoms with van der Waals surface area (Å²) in [7, 11) is 1.32. The molecule has 0 bridgehead atoms. The Bertz CT molecular complexity index is 1120. The Morgan fingerprint density at radius 2 is 1.70 bits per heavy atom. The van der Waals surface area contributed by atoms with Crippen LogP contribution in [0, 0.1) is 13.8 Å². The molecule has 2 heterocycles. The molecule has 2 aromatic heterocycles. The van der Waals surface area contributed by atoms with E-state index < -0.39 is 18.5 Å². The summed E-state index contributed by atoms with van der Waals surface area (Å²) in [6.07, 6.45) is 1.39. The average Bonchev–Trinajstić information content (AvgIpc) is 3.05. The fourth-order valence-corrected chi connectivity index (χ4v) is 3.30. The standard InChI is InChI=1S/C22H19ClN2O5/c1-13-10-18(19(26)12-30-22(28)16-8-9-24-20(23)11-16)14(2)25(13)17-6-4-15(5-7-17)21(27)29-3/h4-11H,12H2,1-3H3. The Morgan fingerprint density at radius 3 is 2.33 bits per heavy atom. The van der Waals surface area contributed by atoms with Crippen molar-refractivity contribution >= 4 is 29.3 Å². The van der Waals surface area contributed by atoms with Gasteiger partial charge in [0.25, 0.3) is 0 Å². The highest BCUT2D eigenvalue weighted by atomic mass is 35.5. The summed E-state index contributed by atoms with van der Waals surface area (Å²) in [5.41, 5.74) is 3.42. The van der Waals surface area contributed by atoms with E-state index in [9.17, 15) is 14.4 Å². The van der Waals surface area contributed by atoms with Gasteiger partial charge < -0.3 is 14.0 Å². The molecule has 0 spiro atoms. The molecule has 3 aromatic rings. The third-order valence-corrected chi connectivity index (χ3v) is 4.78. The smallest absolute Gasteiger partial charge is 0.338 e. The second kappa shape index (κ2) is 8.92. The first-order valence-corrected chi connectivity index (χ1v) is 9.39. The monoisotopic (exact) mass is 426 g/mol. The third kappa shape index (κ3) is 4.41. The number of nitrogens with zero attached hydrogens (tertiary/aromatic N) is 2. The highest BCUT2D eigenvalue weighted by Gasteiger charge is 2.19. The van der Waals surface area contributed by atoms with Crippen molar-refractivity contribution in [2.45, 2.75) is 13.8 Å². The van der Waals surface area contributed by atoms with Crippen LogP contribution in [0.4, 0.5) is 0 Å². The molecule has 1 aromatic carbocycles. The number of carbonyl (C=O) groups excluding carboxylic acids is 3. The third-order valence-electron chi connectivity index (χ3n) is 4.57. The number of ether oxygens (including phenoxy) is 2. The molecule has 8 heteroatoms. The van der Waals surface area contributed by atoms with Crippen LogP contribution in [0.5, 0.6) is 0 Å². The predicted octanol–water partition coefficient (Wildman–Crippen LogP) is 3.97. The van der Waals surface area contributed by atoms with Crippen LogP contribution in [0.3, 0.4) is 0 Å². The number of esters is 2. The van der Waals surface area contributed by atoms with Crippen LogP contribution in [0.25, 0.3) is 5.69 Å². The first-order valence-electron chi connectivity index (χ1n) is 9.01. The minimum atomic E-state index is -0.653. The maximum absolute atomic E-state index is 12.7. The molecule has 0 saturated carbocycles. The number of rotatable bonds is 6. The average molecular weight is 427 g/mol. The van der Waals surface area contributed by atoms with E-state index in [-0.39, 0.29) is 16.5 Å². The number of methoxy groups -OCH3 is 1. The van der Waals surface area contributed by atoms with Gasteiger partial charge in [-0.15, -0.1) is 0 Å². The highest BCUT2D eigenvalue weighted by Crippen LogP contribution is 2.22. The zero-order chi connectivity index (χ0) is 21.8. The topological polar surface area (TPSA) is 87.5 Å². The normalized spacial score (nSPS) is 10.5. The Labute approximate surface area is 178 Å². The summed E-state index contributed by atoms with van der Waals surface area (Å²) in [6.45, 7) is 3.27. The predicted molar refractivity (Wildman–Crippen MR) is 110 cm³/mol. The summed E-state index contributed by atoms with van der Waals surface area (Å²) < 4.78 is 11.7. The van der Waals surface area contributed by atoms with Crippen LogP contribution in [-0.4, -0.2) is 41.0 Å². The van der Waals surface area contributed by atoms with Crippen LogP contribution in [0.1, 0.15) is 42.5 Å². The first-order chi connectivity index (χ1) is 14.3. The lowest BCUT2D eigenvalue weighted by Gasteiger charge is -2.11. The van der Waals surface area contributed by atoms with Gasteiger partial charge in [0.05, 0.1) is 18.2 Å². The molecule has 30 heavy (non-hydrogen) atoms. The number of Topliss-reactive ketones (excluding diaryl/α,β-unsaturated/α-hetero) is 1. The first kappa shape index (κ1) is 21.3. The summed E-state index contributed by atoms with van der Waals surface area (Å²) in [4.78, 5) is 40.2. The van der Waals surface area contributed by atoms with E-state index in [1.807, 2.05) is 11.5 Å². The molecule has 0 N–H and O–H groups in total. The Hall–Kier alpha value is -3.45. The zero-order valence-corrected chi connectivity index (χ0v) is 17.4.